The van der Waals surface area contributed by atoms with Gasteiger partial charge in [0.25, 0.3) is 15.7 Å². The van der Waals surface area contributed by atoms with Crippen LogP contribution in [0.4, 0.5) is 15.8 Å². The Morgan fingerprint density at radius 2 is 1.90 bits per heavy atom. The number of nitrogens with one attached hydrogen (secondary N) is 1. The predicted molar refractivity (Wildman–Crippen MR) is 96.4 cm³/mol. The smallest absolute Gasteiger partial charge is 0.274 e. The van der Waals surface area contributed by atoms with Gasteiger partial charge in [-0.3, -0.25) is 29.7 Å². The fourth-order valence-electron chi connectivity index (χ4n) is 2.50. The van der Waals surface area contributed by atoms with Gasteiger partial charge in [-0.1, -0.05) is 11.6 Å². The molecule has 2 aromatic rings. The number of hydrogen-bond acceptors (Lipinski definition) is 8. The summed E-state index contributed by atoms with van der Waals surface area (Å²) in [6.45, 7) is 2.65. The number of aryl methyl sites for hydroxylation is 2. The highest BCUT2D eigenvalue weighted by atomic mass is 35.5. The molecule has 0 saturated carbocycles. The zero-order valence-electron chi connectivity index (χ0n) is 14.9. The summed E-state index contributed by atoms with van der Waals surface area (Å²) in [6, 6.07) is 0.853. The molecule has 1 N–H and O–H groups in total. The third kappa shape index (κ3) is 4.65. The summed E-state index contributed by atoms with van der Waals surface area (Å²) in [6.07, 6.45) is -0.444. The molecule has 12 nitrogen and oxygen atoms in total. The highest BCUT2D eigenvalue weighted by molar-refractivity contribution is 7.90. The second-order valence-electron chi connectivity index (χ2n) is 5.77. The van der Waals surface area contributed by atoms with E-state index in [0.717, 1.165) is 0 Å². The normalized spacial score (nSPS) is 11.3. The number of amides is 1. The van der Waals surface area contributed by atoms with Gasteiger partial charge in [0, 0.05) is 6.42 Å². The number of nitrogens with zero attached hydrogens (tertiary/aromatic N) is 4. The first-order valence-corrected chi connectivity index (χ1v) is 9.58. The molecule has 1 amide bonds. The minimum absolute atomic E-state index is 0.128. The maximum atomic E-state index is 14.0. The number of carbonyl (C=O) groups excluding carboxylic acids is 1. The maximum absolute atomic E-state index is 14.0. The van der Waals surface area contributed by atoms with E-state index < -0.39 is 53.6 Å². The lowest BCUT2D eigenvalue weighted by molar-refractivity contribution is -0.386. The summed E-state index contributed by atoms with van der Waals surface area (Å²) in [7, 11) is -4.71. The number of carbonyl (C=O) groups is 1. The van der Waals surface area contributed by atoms with Crippen LogP contribution < -0.4 is 4.72 Å². The summed E-state index contributed by atoms with van der Waals surface area (Å²) in [5, 5.41) is 25.0. The van der Waals surface area contributed by atoms with Crippen LogP contribution in [0.5, 0.6) is 0 Å². The Kier molecular flexibility index (Phi) is 6.18. The van der Waals surface area contributed by atoms with E-state index in [1.54, 1.807) is 4.72 Å². The molecule has 1 heterocycles. The number of aromatic nitrogens is 2. The number of benzene rings is 1. The van der Waals surface area contributed by atoms with Crippen LogP contribution in [0.15, 0.2) is 17.0 Å². The number of rotatable bonds is 7. The van der Waals surface area contributed by atoms with E-state index in [4.69, 9.17) is 11.6 Å². The minimum atomic E-state index is -4.71. The van der Waals surface area contributed by atoms with Crippen molar-refractivity contribution >= 4 is 38.9 Å². The molecule has 2 rings (SSSR count). The second-order valence-corrected chi connectivity index (χ2v) is 7.83. The zero-order valence-corrected chi connectivity index (χ0v) is 16.5. The lowest BCUT2D eigenvalue weighted by atomic mass is 10.3. The second kappa shape index (κ2) is 8.08. The molecule has 0 radical (unpaired) electrons. The van der Waals surface area contributed by atoms with Crippen molar-refractivity contribution in [1.82, 2.24) is 14.5 Å². The third-order valence-electron chi connectivity index (χ3n) is 3.81. The van der Waals surface area contributed by atoms with Crippen molar-refractivity contribution in [3.05, 3.63) is 54.6 Å². The Labute approximate surface area is 167 Å². The number of halogens is 2. The molecule has 0 bridgehead atoms. The van der Waals surface area contributed by atoms with Crippen molar-refractivity contribution in [2.24, 2.45) is 0 Å². The molecular formula is C14H13ClFN5O7S. The molecule has 1 aromatic carbocycles. The first-order chi connectivity index (χ1) is 13.3. The van der Waals surface area contributed by atoms with E-state index in [0.29, 0.717) is 12.1 Å². The van der Waals surface area contributed by atoms with Crippen LogP contribution in [0.3, 0.4) is 0 Å². The van der Waals surface area contributed by atoms with E-state index >= 15 is 0 Å². The lowest BCUT2D eigenvalue weighted by Gasteiger charge is -2.09. The monoisotopic (exact) mass is 449 g/mol. The van der Waals surface area contributed by atoms with Gasteiger partial charge < -0.3 is 0 Å². The molecule has 0 aliphatic carbocycles. The topological polar surface area (TPSA) is 167 Å². The average Bonchev–Trinajstić information content (AvgIpc) is 2.87. The largest absolute Gasteiger partial charge is 0.312 e. The van der Waals surface area contributed by atoms with Crippen LogP contribution in [-0.4, -0.2) is 34.0 Å². The molecule has 0 fully saturated rings. The molecule has 1 aromatic heterocycles. The molecule has 156 valence electrons. The van der Waals surface area contributed by atoms with E-state index in [-0.39, 0.29) is 23.6 Å². The Bertz CT molecular complexity index is 1130. The predicted octanol–water partition coefficient (Wildman–Crippen LogP) is 2.00. The van der Waals surface area contributed by atoms with Crippen molar-refractivity contribution in [3.63, 3.8) is 0 Å². The molecule has 0 atom stereocenters. The molecule has 0 aliphatic heterocycles. The molecule has 29 heavy (non-hydrogen) atoms. The van der Waals surface area contributed by atoms with Gasteiger partial charge in [-0.15, -0.1) is 0 Å². The third-order valence-corrected chi connectivity index (χ3v) is 5.50. The minimum Gasteiger partial charge on any atom is -0.274 e. The lowest BCUT2D eigenvalue weighted by Crippen LogP contribution is -2.32. The maximum Gasteiger partial charge on any atom is 0.312 e. The average molecular weight is 450 g/mol. The van der Waals surface area contributed by atoms with Crippen LogP contribution >= 0.6 is 11.6 Å². The van der Waals surface area contributed by atoms with E-state index in [9.17, 15) is 37.8 Å². The van der Waals surface area contributed by atoms with Crippen LogP contribution in [-0.2, 0) is 21.4 Å². The van der Waals surface area contributed by atoms with Crippen molar-refractivity contribution in [1.29, 1.82) is 0 Å². The van der Waals surface area contributed by atoms with Crippen LogP contribution in [0.1, 0.15) is 17.8 Å². The van der Waals surface area contributed by atoms with Gasteiger partial charge in [0.15, 0.2) is 5.82 Å². The summed E-state index contributed by atoms with van der Waals surface area (Å²) in [5.74, 6) is -2.51. The molecule has 0 aliphatic rings. The van der Waals surface area contributed by atoms with Crippen molar-refractivity contribution < 1.29 is 27.4 Å². The van der Waals surface area contributed by atoms with Gasteiger partial charge in [-0.25, -0.2) is 17.5 Å². The van der Waals surface area contributed by atoms with Gasteiger partial charge >= 0.3 is 5.69 Å². The fourth-order valence-corrected chi connectivity index (χ4v) is 3.89. The fraction of sp³-hybridized carbons (Fsp3) is 0.286. The molecule has 15 heteroatoms. The van der Waals surface area contributed by atoms with Crippen LogP contribution in [0.25, 0.3) is 0 Å². The first-order valence-electron chi connectivity index (χ1n) is 7.72. The molecular weight excluding hydrogens is 437 g/mol. The van der Waals surface area contributed by atoms with E-state index in [2.05, 4.69) is 5.10 Å². The Morgan fingerprint density at radius 3 is 2.41 bits per heavy atom. The van der Waals surface area contributed by atoms with Crippen LogP contribution in [0, 0.1) is 39.9 Å². The van der Waals surface area contributed by atoms with Crippen molar-refractivity contribution in [2.45, 2.75) is 31.7 Å². The van der Waals surface area contributed by atoms with Gasteiger partial charge in [-0.2, -0.15) is 5.10 Å². The summed E-state index contributed by atoms with van der Waals surface area (Å²) >= 11 is 5.59. The van der Waals surface area contributed by atoms with Gasteiger partial charge in [0.2, 0.25) is 5.91 Å². The van der Waals surface area contributed by atoms with E-state index in [1.165, 1.54) is 18.5 Å². The zero-order chi connectivity index (χ0) is 22.1. The molecule has 0 spiro atoms. The first kappa shape index (κ1) is 22.2. The van der Waals surface area contributed by atoms with Gasteiger partial charge in [0.1, 0.15) is 21.3 Å². The Morgan fingerprint density at radius 1 is 1.28 bits per heavy atom. The summed E-state index contributed by atoms with van der Waals surface area (Å²) in [4.78, 5) is 31.0. The SMILES string of the molecule is Cc1nn(CCC(=O)NS(=O)(=O)c2cc(Cl)c([N+](=O)[O-])cc2F)c(C)c1[N+](=O)[O-]. The van der Waals surface area contributed by atoms with Crippen LogP contribution in [0.2, 0.25) is 5.02 Å². The van der Waals surface area contributed by atoms with Gasteiger partial charge in [0.05, 0.1) is 22.5 Å². The van der Waals surface area contributed by atoms with Crippen molar-refractivity contribution in [2.75, 3.05) is 0 Å². The number of nitro benzene ring substituents is 1. The Hall–Kier alpha value is -3.13. The number of hydrogen-bond donors (Lipinski definition) is 1. The summed E-state index contributed by atoms with van der Waals surface area (Å²) in [5.41, 5.74) is -0.749. The standard InChI is InChI=1S/C14H13ClFN5O7S/c1-7-14(21(25)26)8(2)19(17-7)4-3-13(22)18-29(27,28)12-5-9(15)11(20(23)24)6-10(12)16/h5-6H,3-4H2,1-2H3,(H,18,22). The highest BCUT2D eigenvalue weighted by Crippen LogP contribution is 2.29. The number of sulfonamides is 1. The quantitative estimate of drug-likeness (QED) is 0.494. The van der Waals surface area contributed by atoms with Crippen molar-refractivity contribution in [3.8, 4) is 0 Å². The van der Waals surface area contributed by atoms with E-state index in [1.807, 2.05) is 0 Å². The molecule has 0 unspecified atom stereocenters. The molecule has 0 saturated heterocycles. The summed E-state index contributed by atoms with van der Waals surface area (Å²) < 4.78 is 41.2. The van der Waals surface area contributed by atoms with Gasteiger partial charge in [-0.05, 0) is 19.9 Å². The number of nitro groups is 2. The highest BCUT2D eigenvalue weighted by Gasteiger charge is 2.27. The Balaban J connectivity index is 2.17.